The molecule has 2 unspecified atom stereocenters. The lowest BCUT2D eigenvalue weighted by atomic mass is 10.0. The summed E-state index contributed by atoms with van der Waals surface area (Å²) in [4.78, 5) is 24.6. The van der Waals surface area contributed by atoms with Crippen molar-refractivity contribution in [2.75, 3.05) is 24.7 Å². The highest BCUT2D eigenvalue weighted by atomic mass is 32.2. The number of nitrogens with one attached hydrogen (secondary N) is 1. The third-order valence-corrected chi connectivity index (χ3v) is 5.69. The molecule has 7 heteroatoms. The van der Waals surface area contributed by atoms with Crippen molar-refractivity contribution in [3.05, 3.63) is 23.8 Å². The first kappa shape index (κ1) is 18.9. The molecule has 0 radical (unpaired) electrons. The number of benzene rings is 1. The molecular formula is C19H25NO5S. The Morgan fingerprint density at radius 1 is 1.15 bits per heavy atom. The summed E-state index contributed by atoms with van der Waals surface area (Å²) >= 11 is 1.85. The van der Waals surface area contributed by atoms with Crippen molar-refractivity contribution in [2.24, 2.45) is 5.92 Å². The van der Waals surface area contributed by atoms with Gasteiger partial charge in [0.2, 0.25) is 0 Å². The summed E-state index contributed by atoms with van der Waals surface area (Å²) in [6.07, 6.45) is 0.841. The van der Waals surface area contributed by atoms with Crippen LogP contribution in [0.15, 0.2) is 18.2 Å². The molecule has 1 saturated heterocycles. The molecule has 0 spiro atoms. The van der Waals surface area contributed by atoms with Gasteiger partial charge in [0.1, 0.15) is 13.2 Å². The summed E-state index contributed by atoms with van der Waals surface area (Å²) < 4.78 is 16.5. The number of hydrogen-bond donors (Lipinski definition) is 1. The Bertz CT molecular complexity index is 659. The minimum Gasteiger partial charge on any atom is -0.486 e. The molecule has 1 aromatic rings. The van der Waals surface area contributed by atoms with Gasteiger partial charge >= 0.3 is 5.97 Å². The lowest BCUT2D eigenvalue weighted by molar-refractivity contribution is -0.159. The fourth-order valence-electron chi connectivity index (χ4n) is 3.00. The maximum Gasteiger partial charge on any atom is 0.309 e. The minimum absolute atomic E-state index is 0.0817. The van der Waals surface area contributed by atoms with Crippen LogP contribution in [0.25, 0.3) is 0 Å². The van der Waals surface area contributed by atoms with Crippen molar-refractivity contribution in [3.63, 3.8) is 0 Å². The Labute approximate surface area is 158 Å². The lowest BCUT2D eigenvalue weighted by Crippen LogP contribution is -2.38. The molecular weight excluding hydrogens is 354 g/mol. The van der Waals surface area contributed by atoms with Crippen molar-refractivity contribution < 1.29 is 23.8 Å². The van der Waals surface area contributed by atoms with Crippen molar-refractivity contribution in [3.8, 4) is 11.5 Å². The summed E-state index contributed by atoms with van der Waals surface area (Å²) in [7, 11) is 0. The fourth-order valence-corrected chi connectivity index (χ4v) is 4.11. The van der Waals surface area contributed by atoms with E-state index in [0.29, 0.717) is 24.7 Å². The zero-order chi connectivity index (χ0) is 18.5. The van der Waals surface area contributed by atoms with E-state index in [1.807, 2.05) is 36.9 Å². The predicted octanol–water partition coefficient (Wildman–Crippen LogP) is 2.71. The zero-order valence-electron chi connectivity index (χ0n) is 15.2. The quantitative estimate of drug-likeness (QED) is 0.793. The molecule has 26 heavy (non-hydrogen) atoms. The van der Waals surface area contributed by atoms with E-state index in [-0.39, 0.29) is 23.8 Å². The number of fused-ring (bicyclic) bond motifs is 1. The van der Waals surface area contributed by atoms with Crippen LogP contribution in [0.4, 0.5) is 0 Å². The number of carbonyl (C=O) groups is 2. The second-order valence-electron chi connectivity index (χ2n) is 6.60. The number of carbonyl (C=O) groups excluding carboxylic acids is 2. The number of amides is 1. The van der Waals surface area contributed by atoms with Gasteiger partial charge in [0.15, 0.2) is 17.6 Å². The summed E-state index contributed by atoms with van der Waals surface area (Å²) in [6, 6.07) is 5.38. The fraction of sp³-hybridized carbons (Fsp3) is 0.579. The van der Waals surface area contributed by atoms with Crippen molar-refractivity contribution in [2.45, 2.75) is 38.8 Å². The normalized spacial score (nSPS) is 19.3. The van der Waals surface area contributed by atoms with Gasteiger partial charge in [-0.05, 0) is 55.9 Å². The molecule has 2 aliphatic rings. The van der Waals surface area contributed by atoms with Gasteiger partial charge in [-0.3, -0.25) is 9.59 Å². The van der Waals surface area contributed by atoms with Crippen molar-refractivity contribution in [1.82, 2.24) is 5.32 Å². The Hall–Kier alpha value is -1.89. The van der Waals surface area contributed by atoms with Crippen LogP contribution >= 0.6 is 11.8 Å². The van der Waals surface area contributed by atoms with Gasteiger partial charge in [0.05, 0.1) is 12.0 Å². The van der Waals surface area contributed by atoms with Crippen molar-refractivity contribution >= 4 is 23.6 Å². The van der Waals surface area contributed by atoms with Gasteiger partial charge in [-0.25, -0.2) is 0 Å². The van der Waals surface area contributed by atoms with E-state index in [4.69, 9.17) is 14.2 Å². The van der Waals surface area contributed by atoms with Crippen LogP contribution in [-0.2, 0) is 14.3 Å². The molecule has 0 bridgehead atoms. The van der Waals surface area contributed by atoms with Crippen LogP contribution < -0.4 is 14.8 Å². The van der Waals surface area contributed by atoms with Gasteiger partial charge in [0, 0.05) is 0 Å². The molecule has 1 fully saturated rings. The second-order valence-corrected chi connectivity index (χ2v) is 7.82. The Kier molecular flexibility index (Phi) is 6.29. The third kappa shape index (κ3) is 4.63. The highest BCUT2D eigenvalue weighted by Gasteiger charge is 2.27. The van der Waals surface area contributed by atoms with Crippen LogP contribution in [0.3, 0.4) is 0 Å². The topological polar surface area (TPSA) is 73.9 Å². The van der Waals surface area contributed by atoms with E-state index >= 15 is 0 Å². The maximum atomic E-state index is 12.4. The smallest absolute Gasteiger partial charge is 0.309 e. The second kappa shape index (κ2) is 8.66. The van der Waals surface area contributed by atoms with E-state index in [1.165, 1.54) is 0 Å². The van der Waals surface area contributed by atoms with Crippen LogP contribution in [0.5, 0.6) is 11.5 Å². The number of thioether (sulfide) groups is 1. The molecule has 3 rings (SSSR count). The SMILES string of the molecule is CC(OC(=O)C1CCSCC1)C(=O)NC(C)c1ccc2c(c1)OCCO2. The van der Waals surface area contributed by atoms with Crippen LogP contribution in [0.1, 0.15) is 38.3 Å². The zero-order valence-corrected chi connectivity index (χ0v) is 16.0. The summed E-state index contributed by atoms with van der Waals surface area (Å²) in [5, 5.41) is 2.89. The van der Waals surface area contributed by atoms with Gasteiger partial charge in [-0.1, -0.05) is 6.07 Å². The van der Waals surface area contributed by atoms with Crippen LogP contribution in [-0.4, -0.2) is 42.7 Å². The predicted molar refractivity (Wildman–Crippen MR) is 99.6 cm³/mol. The van der Waals surface area contributed by atoms with E-state index < -0.39 is 6.10 Å². The Morgan fingerprint density at radius 2 is 1.85 bits per heavy atom. The van der Waals surface area contributed by atoms with Crippen LogP contribution in [0, 0.1) is 5.92 Å². The summed E-state index contributed by atoms with van der Waals surface area (Å²) in [5.74, 6) is 2.70. The molecule has 142 valence electrons. The van der Waals surface area contributed by atoms with E-state index in [0.717, 1.165) is 29.9 Å². The molecule has 2 heterocycles. The molecule has 0 aliphatic carbocycles. The first-order valence-corrected chi connectivity index (χ1v) is 10.2. The highest BCUT2D eigenvalue weighted by Crippen LogP contribution is 2.32. The average molecular weight is 379 g/mol. The van der Waals surface area contributed by atoms with Crippen molar-refractivity contribution in [1.29, 1.82) is 0 Å². The standard InChI is InChI=1S/C19H25NO5S/c1-12(15-3-4-16-17(11-15)24-8-7-23-16)20-18(21)13(2)25-19(22)14-5-9-26-10-6-14/h3-4,11-14H,5-10H2,1-2H3,(H,20,21). The first-order chi connectivity index (χ1) is 12.5. The number of ether oxygens (including phenoxy) is 3. The Balaban J connectivity index is 1.53. The average Bonchev–Trinajstić information content (AvgIpc) is 2.68. The van der Waals surface area contributed by atoms with E-state index in [1.54, 1.807) is 6.92 Å². The number of rotatable bonds is 5. The first-order valence-electron chi connectivity index (χ1n) is 9.02. The number of hydrogen-bond acceptors (Lipinski definition) is 6. The lowest BCUT2D eigenvalue weighted by Gasteiger charge is -2.24. The maximum absolute atomic E-state index is 12.4. The highest BCUT2D eigenvalue weighted by molar-refractivity contribution is 7.99. The molecule has 2 atom stereocenters. The van der Waals surface area contributed by atoms with E-state index in [2.05, 4.69) is 5.32 Å². The summed E-state index contributed by atoms with van der Waals surface area (Å²) in [5.41, 5.74) is 0.908. The van der Waals surface area contributed by atoms with Gasteiger partial charge in [-0.15, -0.1) is 0 Å². The molecule has 2 aliphatic heterocycles. The number of esters is 1. The van der Waals surface area contributed by atoms with E-state index in [9.17, 15) is 9.59 Å². The molecule has 1 aromatic carbocycles. The summed E-state index contributed by atoms with van der Waals surface area (Å²) in [6.45, 7) is 4.56. The van der Waals surface area contributed by atoms with Gasteiger partial charge < -0.3 is 19.5 Å². The van der Waals surface area contributed by atoms with Gasteiger partial charge in [0.25, 0.3) is 5.91 Å². The Morgan fingerprint density at radius 3 is 2.58 bits per heavy atom. The monoisotopic (exact) mass is 379 g/mol. The molecule has 0 saturated carbocycles. The molecule has 1 N–H and O–H groups in total. The van der Waals surface area contributed by atoms with Gasteiger partial charge in [-0.2, -0.15) is 11.8 Å². The molecule has 6 nitrogen and oxygen atoms in total. The third-order valence-electron chi connectivity index (χ3n) is 4.64. The molecule has 1 amide bonds. The minimum atomic E-state index is -0.809. The molecule has 0 aromatic heterocycles. The van der Waals surface area contributed by atoms with Crippen LogP contribution in [0.2, 0.25) is 0 Å². The largest absolute Gasteiger partial charge is 0.486 e.